The maximum absolute atomic E-state index is 12.4. The van der Waals surface area contributed by atoms with E-state index in [0.29, 0.717) is 24.2 Å². The fourth-order valence-corrected chi connectivity index (χ4v) is 4.24. The van der Waals surface area contributed by atoms with Gasteiger partial charge in [0.1, 0.15) is 0 Å². The highest BCUT2D eigenvalue weighted by Crippen LogP contribution is 2.31. The lowest BCUT2D eigenvalue weighted by molar-refractivity contribution is 0.101. The molecule has 1 heterocycles. The van der Waals surface area contributed by atoms with Gasteiger partial charge in [-0.3, -0.25) is 9.10 Å². The second-order valence-electron chi connectivity index (χ2n) is 5.24. The zero-order valence-electron chi connectivity index (χ0n) is 12.1. The molecule has 0 aliphatic carbocycles. The monoisotopic (exact) mass is 295 g/mol. The second kappa shape index (κ2) is 5.95. The molecule has 0 saturated carbocycles. The lowest BCUT2D eigenvalue weighted by Crippen LogP contribution is -2.37. The SMILES string of the molecule is CCCCS(=O)(=O)N1CCCc2ccc(C(C)=O)cc21. The first-order chi connectivity index (χ1) is 9.45. The van der Waals surface area contributed by atoms with Crippen LogP contribution in [0.25, 0.3) is 0 Å². The van der Waals surface area contributed by atoms with Crippen molar-refractivity contribution >= 4 is 21.5 Å². The number of hydrogen-bond acceptors (Lipinski definition) is 3. The predicted octanol–water partition coefficient (Wildman–Crippen LogP) is 2.77. The minimum absolute atomic E-state index is 0.0377. The van der Waals surface area contributed by atoms with Crippen LogP contribution >= 0.6 is 0 Å². The Hall–Kier alpha value is -1.36. The molecule has 20 heavy (non-hydrogen) atoms. The molecule has 0 aromatic heterocycles. The van der Waals surface area contributed by atoms with Crippen LogP contribution in [0.4, 0.5) is 5.69 Å². The van der Waals surface area contributed by atoms with Gasteiger partial charge in [-0.05, 0) is 37.8 Å². The van der Waals surface area contributed by atoms with E-state index < -0.39 is 10.0 Å². The van der Waals surface area contributed by atoms with Crippen molar-refractivity contribution < 1.29 is 13.2 Å². The summed E-state index contributed by atoms with van der Waals surface area (Å²) < 4.78 is 26.4. The molecule has 1 aromatic rings. The molecule has 0 fully saturated rings. The van der Waals surface area contributed by atoms with Gasteiger partial charge in [0.25, 0.3) is 0 Å². The molecule has 1 aliphatic rings. The third-order valence-electron chi connectivity index (χ3n) is 3.66. The van der Waals surface area contributed by atoms with E-state index in [1.807, 2.05) is 13.0 Å². The average molecular weight is 295 g/mol. The van der Waals surface area contributed by atoms with Gasteiger partial charge in [-0.25, -0.2) is 8.42 Å². The molecule has 2 rings (SSSR count). The normalized spacial score (nSPS) is 15.0. The molecule has 0 radical (unpaired) electrons. The van der Waals surface area contributed by atoms with E-state index in [1.165, 1.54) is 11.2 Å². The minimum atomic E-state index is -3.28. The van der Waals surface area contributed by atoms with Crippen molar-refractivity contribution in [3.63, 3.8) is 0 Å². The van der Waals surface area contributed by atoms with Gasteiger partial charge in [-0.2, -0.15) is 0 Å². The Morgan fingerprint density at radius 3 is 2.75 bits per heavy atom. The Labute approximate surface area is 120 Å². The van der Waals surface area contributed by atoms with Crippen LogP contribution in [0.5, 0.6) is 0 Å². The molecule has 0 spiro atoms. The molecule has 0 bridgehead atoms. The zero-order valence-corrected chi connectivity index (χ0v) is 12.9. The summed E-state index contributed by atoms with van der Waals surface area (Å²) in [7, 11) is -3.28. The molecule has 0 saturated heterocycles. The summed E-state index contributed by atoms with van der Waals surface area (Å²) in [5.41, 5.74) is 2.28. The van der Waals surface area contributed by atoms with Crippen molar-refractivity contribution in [1.29, 1.82) is 0 Å². The molecular weight excluding hydrogens is 274 g/mol. The minimum Gasteiger partial charge on any atom is -0.295 e. The van der Waals surface area contributed by atoms with Crippen molar-refractivity contribution in [2.45, 2.75) is 39.5 Å². The Bertz CT molecular complexity index is 608. The standard InChI is InChI=1S/C15H21NO3S/c1-3-4-10-20(18,19)16-9-5-6-13-7-8-14(12(2)17)11-15(13)16/h7-8,11H,3-6,9-10H2,1-2H3. The van der Waals surface area contributed by atoms with Gasteiger partial charge < -0.3 is 0 Å². The largest absolute Gasteiger partial charge is 0.295 e. The molecule has 0 N–H and O–H groups in total. The topological polar surface area (TPSA) is 54.5 Å². The fourth-order valence-electron chi connectivity index (χ4n) is 2.49. The van der Waals surface area contributed by atoms with E-state index in [1.54, 1.807) is 12.1 Å². The van der Waals surface area contributed by atoms with Crippen molar-refractivity contribution in [2.24, 2.45) is 0 Å². The summed E-state index contributed by atoms with van der Waals surface area (Å²) in [4.78, 5) is 11.5. The van der Waals surface area contributed by atoms with Crippen LogP contribution in [0.15, 0.2) is 18.2 Å². The molecule has 110 valence electrons. The molecule has 1 aliphatic heterocycles. The number of carbonyl (C=O) groups is 1. The maximum Gasteiger partial charge on any atom is 0.235 e. The van der Waals surface area contributed by atoms with Gasteiger partial charge in [-0.15, -0.1) is 0 Å². The number of aryl methyl sites for hydroxylation is 1. The number of nitrogens with zero attached hydrogens (tertiary/aromatic N) is 1. The first-order valence-corrected chi connectivity index (χ1v) is 8.71. The highest BCUT2D eigenvalue weighted by atomic mass is 32.2. The summed E-state index contributed by atoms with van der Waals surface area (Å²) in [6, 6.07) is 5.39. The zero-order chi connectivity index (χ0) is 14.8. The molecule has 0 amide bonds. The van der Waals surface area contributed by atoms with Gasteiger partial charge in [0.05, 0.1) is 11.4 Å². The summed E-state index contributed by atoms with van der Waals surface area (Å²) in [6.45, 7) is 3.99. The fraction of sp³-hybridized carbons (Fsp3) is 0.533. The number of rotatable bonds is 5. The number of anilines is 1. The van der Waals surface area contributed by atoms with Crippen LogP contribution in [-0.4, -0.2) is 26.5 Å². The smallest absolute Gasteiger partial charge is 0.235 e. The number of carbonyl (C=O) groups excluding carboxylic acids is 1. The van der Waals surface area contributed by atoms with Gasteiger partial charge >= 0.3 is 0 Å². The van der Waals surface area contributed by atoms with Crippen molar-refractivity contribution in [2.75, 3.05) is 16.6 Å². The Morgan fingerprint density at radius 2 is 2.10 bits per heavy atom. The highest BCUT2D eigenvalue weighted by molar-refractivity contribution is 7.92. The quantitative estimate of drug-likeness (QED) is 0.785. The van der Waals surface area contributed by atoms with Crippen molar-refractivity contribution in [1.82, 2.24) is 0 Å². The van der Waals surface area contributed by atoms with Crippen molar-refractivity contribution in [3.8, 4) is 0 Å². The van der Waals surface area contributed by atoms with Gasteiger partial charge in [0.15, 0.2) is 5.78 Å². The number of benzene rings is 1. The predicted molar refractivity (Wildman–Crippen MR) is 80.8 cm³/mol. The van der Waals surface area contributed by atoms with Crippen LogP contribution in [0.2, 0.25) is 0 Å². The number of unbranched alkanes of at least 4 members (excludes halogenated alkanes) is 1. The molecular formula is C15H21NO3S. The van der Waals surface area contributed by atoms with E-state index in [9.17, 15) is 13.2 Å². The maximum atomic E-state index is 12.4. The van der Waals surface area contributed by atoms with E-state index in [2.05, 4.69) is 0 Å². The number of sulfonamides is 1. The highest BCUT2D eigenvalue weighted by Gasteiger charge is 2.27. The molecule has 1 aromatic carbocycles. The molecule has 0 unspecified atom stereocenters. The lowest BCUT2D eigenvalue weighted by Gasteiger charge is -2.30. The molecule has 5 heteroatoms. The Kier molecular flexibility index (Phi) is 4.48. The van der Waals surface area contributed by atoms with Crippen LogP contribution in [0.3, 0.4) is 0 Å². The van der Waals surface area contributed by atoms with E-state index in [-0.39, 0.29) is 11.5 Å². The van der Waals surface area contributed by atoms with E-state index in [0.717, 1.165) is 24.8 Å². The average Bonchev–Trinajstić information content (AvgIpc) is 2.43. The van der Waals surface area contributed by atoms with Crippen LogP contribution < -0.4 is 4.31 Å². The number of hydrogen-bond donors (Lipinski definition) is 0. The third-order valence-corrected chi connectivity index (χ3v) is 5.51. The number of ketones is 1. The Balaban J connectivity index is 2.40. The van der Waals surface area contributed by atoms with Crippen LogP contribution in [0, 0.1) is 0 Å². The van der Waals surface area contributed by atoms with Crippen molar-refractivity contribution in [3.05, 3.63) is 29.3 Å². The molecule has 0 atom stereocenters. The summed E-state index contributed by atoms with van der Waals surface area (Å²) in [5.74, 6) is 0.136. The lowest BCUT2D eigenvalue weighted by atomic mass is 10.00. The second-order valence-corrected chi connectivity index (χ2v) is 7.26. The van der Waals surface area contributed by atoms with Gasteiger partial charge in [0.2, 0.25) is 10.0 Å². The summed E-state index contributed by atoms with van der Waals surface area (Å²) in [6.07, 6.45) is 3.22. The summed E-state index contributed by atoms with van der Waals surface area (Å²) in [5, 5.41) is 0. The first kappa shape index (κ1) is 15.0. The van der Waals surface area contributed by atoms with E-state index in [4.69, 9.17) is 0 Å². The number of fused-ring (bicyclic) bond motifs is 1. The first-order valence-electron chi connectivity index (χ1n) is 7.10. The third kappa shape index (κ3) is 3.03. The van der Waals surface area contributed by atoms with Gasteiger partial charge in [-0.1, -0.05) is 25.5 Å². The van der Waals surface area contributed by atoms with Crippen LogP contribution in [0.1, 0.15) is 49.0 Å². The molecule has 4 nitrogen and oxygen atoms in total. The van der Waals surface area contributed by atoms with Crippen LogP contribution in [-0.2, 0) is 16.4 Å². The number of Topliss-reactive ketones (excluding diaryl/α,β-unsaturated/α-hetero) is 1. The van der Waals surface area contributed by atoms with E-state index >= 15 is 0 Å². The Morgan fingerprint density at radius 1 is 1.35 bits per heavy atom. The van der Waals surface area contributed by atoms with Gasteiger partial charge in [0, 0.05) is 12.1 Å². The summed E-state index contributed by atoms with van der Waals surface area (Å²) >= 11 is 0.